The lowest BCUT2D eigenvalue weighted by molar-refractivity contribution is 0.555. The number of unbranched alkanes of at least 4 members (excludes halogenated alkanes) is 7. The highest BCUT2D eigenvalue weighted by atomic mass is 19.1. The number of benzene rings is 1. The quantitative estimate of drug-likeness (QED) is 0.508. The molecule has 2 heteroatoms. The minimum atomic E-state index is -0.136. The Bertz CT molecular complexity index is 376. The second-order valence-corrected chi connectivity index (χ2v) is 6.05. The fourth-order valence-corrected chi connectivity index (χ4v) is 2.67. The van der Waals surface area contributed by atoms with Crippen LogP contribution in [0.1, 0.15) is 69.4 Å². The third kappa shape index (κ3) is 8.87. The zero-order chi connectivity index (χ0) is 15.3. The summed E-state index contributed by atoms with van der Waals surface area (Å²) in [6, 6.07) is 5.08. The summed E-state index contributed by atoms with van der Waals surface area (Å²) in [5.74, 6) is -0.136. The SMILES string of the molecule is CCCCCCCCCCNCCc1ccc(F)cc1C. The van der Waals surface area contributed by atoms with E-state index in [-0.39, 0.29) is 5.82 Å². The van der Waals surface area contributed by atoms with E-state index in [4.69, 9.17) is 0 Å². The molecule has 0 unspecified atom stereocenters. The van der Waals surface area contributed by atoms with Crippen molar-refractivity contribution in [2.45, 2.75) is 71.6 Å². The first-order chi connectivity index (χ1) is 10.2. The monoisotopic (exact) mass is 293 g/mol. The van der Waals surface area contributed by atoms with E-state index in [2.05, 4.69) is 12.2 Å². The van der Waals surface area contributed by atoms with Crippen molar-refractivity contribution in [2.24, 2.45) is 0 Å². The van der Waals surface area contributed by atoms with Crippen LogP contribution in [0.5, 0.6) is 0 Å². The van der Waals surface area contributed by atoms with Gasteiger partial charge in [-0.3, -0.25) is 0 Å². The molecule has 0 radical (unpaired) electrons. The van der Waals surface area contributed by atoms with Gasteiger partial charge in [-0.05, 0) is 56.1 Å². The van der Waals surface area contributed by atoms with Gasteiger partial charge in [0.2, 0.25) is 0 Å². The molecule has 0 aliphatic rings. The van der Waals surface area contributed by atoms with Gasteiger partial charge in [-0.25, -0.2) is 4.39 Å². The van der Waals surface area contributed by atoms with Crippen molar-refractivity contribution in [2.75, 3.05) is 13.1 Å². The summed E-state index contributed by atoms with van der Waals surface area (Å²) in [6.45, 7) is 6.34. The highest BCUT2D eigenvalue weighted by Gasteiger charge is 1.99. The second-order valence-electron chi connectivity index (χ2n) is 6.05. The Labute approximate surface area is 130 Å². The Morgan fingerprint density at radius 1 is 0.905 bits per heavy atom. The molecule has 0 bridgehead atoms. The minimum Gasteiger partial charge on any atom is -0.316 e. The number of nitrogens with one attached hydrogen (secondary N) is 1. The van der Waals surface area contributed by atoms with E-state index in [9.17, 15) is 4.39 Å². The Balaban J connectivity index is 1.93. The van der Waals surface area contributed by atoms with Crippen LogP contribution >= 0.6 is 0 Å². The summed E-state index contributed by atoms with van der Waals surface area (Å²) in [5.41, 5.74) is 2.31. The molecule has 1 aromatic carbocycles. The first kappa shape index (κ1) is 18.2. The van der Waals surface area contributed by atoms with E-state index in [1.807, 2.05) is 13.0 Å². The maximum atomic E-state index is 13.0. The molecule has 0 aliphatic heterocycles. The smallest absolute Gasteiger partial charge is 0.123 e. The zero-order valence-corrected chi connectivity index (χ0v) is 13.9. The predicted octanol–water partition coefficient (Wildman–Crippen LogP) is 5.41. The number of hydrogen-bond donors (Lipinski definition) is 1. The molecule has 0 spiro atoms. The lowest BCUT2D eigenvalue weighted by Gasteiger charge is -2.07. The lowest BCUT2D eigenvalue weighted by Crippen LogP contribution is -2.18. The predicted molar refractivity (Wildman–Crippen MR) is 90.3 cm³/mol. The first-order valence-electron chi connectivity index (χ1n) is 8.69. The molecule has 0 atom stereocenters. The number of hydrogen-bond acceptors (Lipinski definition) is 1. The topological polar surface area (TPSA) is 12.0 Å². The maximum absolute atomic E-state index is 13.0. The Kier molecular flexibility index (Phi) is 10.1. The third-order valence-electron chi connectivity index (χ3n) is 4.08. The average molecular weight is 293 g/mol. The molecule has 1 nitrogen and oxygen atoms in total. The third-order valence-corrected chi connectivity index (χ3v) is 4.08. The van der Waals surface area contributed by atoms with Crippen molar-refractivity contribution in [1.29, 1.82) is 0 Å². The summed E-state index contributed by atoms with van der Waals surface area (Å²) < 4.78 is 13.0. The summed E-state index contributed by atoms with van der Waals surface area (Å²) in [6.07, 6.45) is 11.9. The van der Waals surface area contributed by atoms with Crippen molar-refractivity contribution in [3.63, 3.8) is 0 Å². The molecular weight excluding hydrogens is 261 g/mol. The average Bonchev–Trinajstić information content (AvgIpc) is 2.46. The van der Waals surface area contributed by atoms with Gasteiger partial charge in [-0.15, -0.1) is 0 Å². The largest absolute Gasteiger partial charge is 0.316 e. The van der Waals surface area contributed by atoms with Gasteiger partial charge in [0.05, 0.1) is 0 Å². The van der Waals surface area contributed by atoms with Gasteiger partial charge in [0.25, 0.3) is 0 Å². The van der Waals surface area contributed by atoms with E-state index in [0.29, 0.717) is 0 Å². The highest BCUT2D eigenvalue weighted by molar-refractivity contribution is 5.26. The molecule has 0 amide bonds. The Hall–Kier alpha value is -0.890. The van der Waals surface area contributed by atoms with E-state index < -0.39 is 0 Å². The molecular formula is C19H32FN. The Morgan fingerprint density at radius 2 is 1.57 bits per heavy atom. The van der Waals surface area contributed by atoms with Crippen LogP contribution in [0.3, 0.4) is 0 Å². The molecule has 0 aromatic heterocycles. The molecule has 1 rings (SSSR count). The first-order valence-corrected chi connectivity index (χ1v) is 8.69. The van der Waals surface area contributed by atoms with Gasteiger partial charge in [0.15, 0.2) is 0 Å². The molecule has 21 heavy (non-hydrogen) atoms. The molecule has 1 N–H and O–H groups in total. The van der Waals surface area contributed by atoms with Crippen molar-refractivity contribution < 1.29 is 4.39 Å². The van der Waals surface area contributed by atoms with Crippen LogP contribution in [0.4, 0.5) is 4.39 Å². The van der Waals surface area contributed by atoms with Gasteiger partial charge < -0.3 is 5.32 Å². The van der Waals surface area contributed by atoms with Crippen molar-refractivity contribution in [3.05, 3.63) is 35.1 Å². The van der Waals surface area contributed by atoms with Crippen molar-refractivity contribution in [3.8, 4) is 0 Å². The molecule has 0 fully saturated rings. The fraction of sp³-hybridized carbons (Fsp3) is 0.684. The van der Waals surface area contributed by atoms with Gasteiger partial charge in [0, 0.05) is 0 Å². The molecule has 0 heterocycles. The van der Waals surface area contributed by atoms with Crippen LogP contribution in [0.25, 0.3) is 0 Å². The highest BCUT2D eigenvalue weighted by Crippen LogP contribution is 2.10. The summed E-state index contributed by atoms with van der Waals surface area (Å²) >= 11 is 0. The van der Waals surface area contributed by atoms with Crippen LogP contribution in [-0.2, 0) is 6.42 Å². The number of rotatable bonds is 12. The van der Waals surface area contributed by atoms with E-state index >= 15 is 0 Å². The van der Waals surface area contributed by atoms with E-state index in [1.165, 1.54) is 56.9 Å². The molecule has 0 aliphatic carbocycles. The van der Waals surface area contributed by atoms with Crippen LogP contribution < -0.4 is 5.32 Å². The summed E-state index contributed by atoms with van der Waals surface area (Å²) in [7, 11) is 0. The minimum absolute atomic E-state index is 0.136. The van der Waals surface area contributed by atoms with E-state index in [1.54, 1.807) is 12.1 Å². The van der Waals surface area contributed by atoms with Crippen LogP contribution in [0.2, 0.25) is 0 Å². The normalized spacial score (nSPS) is 11.0. The van der Waals surface area contributed by atoms with Crippen molar-refractivity contribution >= 4 is 0 Å². The van der Waals surface area contributed by atoms with Gasteiger partial charge in [-0.1, -0.05) is 57.9 Å². The van der Waals surface area contributed by atoms with Crippen LogP contribution in [0, 0.1) is 12.7 Å². The molecule has 0 saturated carbocycles. The fourth-order valence-electron chi connectivity index (χ4n) is 2.67. The van der Waals surface area contributed by atoms with Gasteiger partial charge in [0.1, 0.15) is 5.82 Å². The Morgan fingerprint density at radius 3 is 2.24 bits per heavy atom. The summed E-state index contributed by atoms with van der Waals surface area (Å²) in [4.78, 5) is 0. The molecule has 0 saturated heterocycles. The molecule has 120 valence electrons. The number of aryl methyl sites for hydroxylation is 1. The zero-order valence-electron chi connectivity index (χ0n) is 13.9. The number of halogens is 1. The lowest BCUT2D eigenvalue weighted by atomic mass is 10.1. The van der Waals surface area contributed by atoms with Gasteiger partial charge in [-0.2, -0.15) is 0 Å². The van der Waals surface area contributed by atoms with Crippen molar-refractivity contribution in [1.82, 2.24) is 5.32 Å². The summed E-state index contributed by atoms with van der Waals surface area (Å²) in [5, 5.41) is 3.49. The van der Waals surface area contributed by atoms with Gasteiger partial charge >= 0.3 is 0 Å². The maximum Gasteiger partial charge on any atom is 0.123 e. The van der Waals surface area contributed by atoms with Crippen LogP contribution in [0.15, 0.2) is 18.2 Å². The second kappa shape index (κ2) is 11.7. The standard InChI is InChI=1S/C19H32FN/c1-3-4-5-6-7-8-9-10-14-21-15-13-18-11-12-19(20)16-17(18)2/h11-12,16,21H,3-10,13-15H2,1-2H3. The van der Waals surface area contributed by atoms with Crippen LogP contribution in [-0.4, -0.2) is 13.1 Å². The molecule has 1 aromatic rings. The van der Waals surface area contributed by atoms with E-state index in [0.717, 1.165) is 25.1 Å².